The molecule has 3 aromatic heterocycles. The van der Waals surface area contributed by atoms with Gasteiger partial charge in [0.1, 0.15) is 11.5 Å². The summed E-state index contributed by atoms with van der Waals surface area (Å²) in [5.74, 6) is -0.981. The summed E-state index contributed by atoms with van der Waals surface area (Å²) in [5.41, 5.74) is 1.65. The van der Waals surface area contributed by atoms with Gasteiger partial charge in [0.15, 0.2) is 0 Å². The van der Waals surface area contributed by atoms with Crippen molar-refractivity contribution in [1.82, 2.24) is 14.6 Å². The van der Waals surface area contributed by atoms with Crippen LogP contribution in [0.25, 0.3) is 16.6 Å². The number of fused-ring (bicyclic) bond motifs is 1. The van der Waals surface area contributed by atoms with Crippen molar-refractivity contribution >= 4 is 17.1 Å². The number of amides is 1. The smallest absolute Gasteiger partial charge is 0.310 e. The summed E-state index contributed by atoms with van der Waals surface area (Å²) in [6, 6.07) is 10.6. The molecule has 0 unspecified atom stereocenters. The fraction of sp³-hybridized carbons (Fsp3) is 0.0952. The highest BCUT2D eigenvalue weighted by Crippen LogP contribution is 2.32. The number of halogens is 4. The Labute approximate surface area is 168 Å². The Morgan fingerprint density at radius 3 is 2.40 bits per heavy atom. The number of alkyl halides is 3. The van der Waals surface area contributed by atoms with E-state index in [2.05, 4.69) is 10.1 Å². The predicted octanol–water partition coefficient (Wildman–Crippen LogP) is 4.83. The van der Waals surface area contributed by atoms with Gasteiger partial charge in [-0.25, -0.2) is 13.9 Å². The molecular formula is C21H14F4N4O. The summed E-state index contributed by atoms with van der Waals surface area (Å²) < 4.78 is 53.1. The highest BCUT2D eigenvalue weighted by Gasteiger charge is 2.30. The highest BCUT2D eigenvalue weighted by atomic mass is 19.4. The van der Waals surface area contributed by atoms with E-state index in [1.807, 2.05) is 0 Å². The third-order valence-corrected chi connectivity index (χ3v) is 4.67. The monoisotopic (exact) mass is 414 g/mol. The van der Waals surface area contributed by atoms with E-state index in [1.165, 1.54) is 23.1 Å². The predicted molar refractivity (Wildman–Crippen MR) is 103 cm³/mol. The molecule has 9 heteroatoms. The molecule has 30 heavy (non-hydrogen) atoms. The van der Waals surface area contributed by atoms with Crippen molar-refractivity contribution in [3.8, 4) is 11.1 Å². The van der Waals surface area contributed by atoms with E-state index in [-0.39, 0.29) is 5.69 Å². The van der Waals surface area contributed by atoms with Crippen molar-refractivity contribution in [2.45, 2.75) is 6.18 Å². The average Bonchev–Trinajstić information content (AvgIpc) is 3.16. The molecule has 0 bridgehead atoms. The lowest BCUT2D eigenvalue weighted by atomic mass is 10.0. The maximum atomic E-state index is 13.0. The number of hydrogen-bond acceptors (Lipinski definition) is 3. The number of nitrogens with zero attached hydrogens (tertiary/aromatic N) is 4. The van der Waals surface area contributed by atoms with Crippen LogP contribution in [0.1, 0.15) is 16.1 Å². The van der Waals surface area contributed by atoms with Gasteiger partial charge in [-0.3, -0.25) is 4.79 Å². The molecule has 0 saturated heterocycles. The molecule has 1 amide bonds. The number of benzene rings is 1. The number of carbonyl (C=O) groups is 1. The molecule has 0 saturated carbocycles. The largest absolute Gasteiger partial charge is 0.416 e. The normalized spacial score (nSPS) is 11.6. The van der Waals surface area contributed by atoms with E-state index < -0.39 is 23.5 Å². The second-order valence-electron chi connectivity index (χ2n) is 6.57. The molecule has 0 fully saturated rings. The van der Waals surface area contributed by atoms with Crippen LogP contribution in [0.2, 0.25) is 0 Å². The zero-order chi connectivity index (χ0) is 21.5. The third-order valence-electron chi connectivity index (χ3n) is 4.67. The minimum Gasteiger partial charge on any atom is -0.310 e. The Bertz CT molecular complexity index is 1210. The second kappa shape index (κ2) is 7.25. The molecule has 5 nitrogen and oxygen atoms in total. The average molecular weight is 414 g/mol. The van der Waals surface area contributed by atoms with Gasteiger partial charge in [0.25, 0.3) is 5.91 Å². The summed E-state index contributed by atoms with van der Waals surface area (Å²) in [4.78, 5) is 17.8. The van der Waals surface area contributed by atoms with Crippen molar-refractivity contribution in [2.24, 2.45) is 0 Å². The van der Waals surface area contributed by atoms with Crippen LogP contribution in [0.3, 0.4) is 0 Å². The summed E-state index contributed by atoms with van der Waals surface area (Å²) in [7, 11) is 1.55. The van der Waals surface area contributed by atoms with Gasteiger partial charge in [-0.15, -0.1) is 0 Å². The summed E-state index contributed by atoms with van der Waals surface area (Å²) in [6.45, 7) is 0. The number of rotatable bonds is 3. The SMILES string of the molecule is CN(C(=O)c1ccc(F)cn1)c1ccn2ncc(-c3ccc(C(F)(F)F)cc3)c2c1. The van der Waals surface area contributed by atoms with Gasteiger partial charge in [0.05, 0.1) is 23.5 Å². The lowest BCUT2D eigenvalue weighted by Gasteiger charge is -2.17. The third kappa shape index (κ3) is 3.61. The summed E-state index contributed by atoms with van der Waals surface area (Å²) in [5, 5.41) is 4.22. The standard InChI is InChI=1S/C21H14F4N4O/c1-28(20(30)18-7-6-15(22)11-26-18)16-8-9-29-19(10-16)17(12-27-29)13-2-4-14(5-3-13)21(23,24)25/h2-12H,1H3. The number of hydrogen-bond donors (Lipinski definition) is 0. The Morgan fingerprint density at radius 2 is 1.77 bits per heavy atom. The molecule has 152 valence electrons. The van der Waals surface area contributed by atoms with Crippen LogP contribution in [0.4, 0.5) is 23.2 Å². The van der Waals surface area contributed by atoms with E-state index >= 15 is 0 Å². The van der Waals surface area contributed by atoms with Crippen LogP contribution in [0.15, 0.2) is 67.1 Å². The lowest BCUT2D eigenvalue weighted by molar-refractivity contribution is -0.137. The quantitative estimate of drug-likeness (QED) is 0.451. The van der Waals surface area contributed by atoms with Crippen LogP contribution >= 0.6 is 0 Å². The molecule has 0 N–H and O–H groups in total. The zero-order valence-electron chi connectivity index (χ0n) is 15.6. The van der Waals surface area contributed by atoms with Crippen LogP contribution in [-0.2, 0) is 6.18 Å². The van der Waals surface area contributed by atoms with Crippen molar-refractivity contribution in [1.29, 1.82) is 0 Å². The number of aromatic nitrogens is 3. The van der Waals surface area contributed by atoms with E-state index in [9.17, 15) is 22.4 Å². The van der Waals surface area contributed by atoms with E-state index in [0.717, 1.165) is 24.4 Å². The number of carbonyl (C=O) groups excluding carboxylic acids is 1. The highest BCUT2D eigenvalue weighted by molar-refractivity contribution is 6.04. The summed E-state index contributed by atoms with van der Waals surface area (Å²) in [6.07, 6.45) is -0.265. The van der Waals surface area contributed by atoms with Crippen LogP contribution < -0.4 is 4.90 Å². The minimum atomic E-state index is -4.41. The van der Waals surface area contributed by atoms with Gasteiger partial charge in [-0.2, -0.15) is 18.3 Å². The van der Waals surface area contributed by atoms with Gasteiger partial charge >= 0.3 is 6.18 Å². The fourth-order valence-electron chi connectivity index (χ4n) is 3.03. The molecule has 0 radical (unpaired) electrons. The second-order valence-corrected chi connectivity index (χ2v) is 6.57. The van der Waals surface area contributed by atoms with Gasteiger partial charge in [0.2, 0.25) is 0 Å². The van der Waals surface area contributed by atoms with E-state index in [4.69, 9.17) is 0 Å². The molecule has 4 aromatic rings. The first-order valence-corrected chi connectivity index (χ1v) is 8.79. The molecule has 3 heterocycles. The first-order chi connectivity index (χ1) is 14.2. The topological polar surface area (TPSA) is 50.5 Å². The Balaban J connectivity index is 1.69. The van der Waals surface area contributed by atoms with Crippen molar-refractivity contribution < 1.29 is 22.4 Å². The minimum absolute atomic E-state index is 0.0789. The van der Waals surface area contributed by atoms with Gasteiger partial charge in [0, 0.05) is 24.5 Å². The number of pyridine rings is 2. The lowest BCUT2D eigenvalue weighted by Crippen LogP contribution is -2.27. The summed E-state index contributed by atoms with van der Waals surface area (Å²) >= 11 is 0. The van der Waals surface area contributed by atoms with Crippen LogP contribution in [0.5, 0.6) is 0 Å². The van der Waals surface area contributed by atoms with Crippen molar-refractivity contribution in [3.63, 3.8) is 0 Å². The Morgan fingerprint density at radius 1 is 1.03 bits per heavy atom. The first kappa shape index (κ1) is 19.6. The number of anilines is 1. The molecule has 0 aliphatic heterocycles. The Hall–Kier alpha value is -3.75. The van der Waals surface area contributed by atoms with Crippen LogP contribution in [0, 0.1) is 5.82 Å². The molecular weight excluding hydrogens is 400 g/mol. The first-order valence-electron chi connectivity index (χ1n) is 8.79. The molecule has 4 rings (SSSR count). The molecule has 0 atom stereocenters. The van der Waals surface area contributed by atoms with Crippen LogP contribution in [-0.4, -0.2) is 27.6 Å². The molecule has 0 aliphatic carbocycles. The Kier molecular flexibility index (Phi) is 4.73. The fourth-order valence-corrected chi connectivity index (χ4v) is 3.03. The van der Waals surface area contributed by atoms with Gasteiger partial charge in [-0.05, 0) is 42.0 Å². The van der Waals surface area contributed by atoms with E-state index in [0.29, 0.717) is 22.3 Å². The maximum Gasteiger partial charge on any atom is 0.416 e. The van der Waals surface area contributed by atoms with Crippen molar-refractivity contribution in [2.75, 3.05) is 11.9 Å². The molecule has 1 aromatic carbocycles. The zero-order valence-corrected chi connectivity index (χ0v) is 15.6. The molecule has 0 aliphatic rings. The van der Waals surface area contributed by atoms with Gasteiger partial charge in [-0.1, -0.05) is 12.1 Å². The van der Waals surface area contributed by atoms with Gasteiger partial charge < -0.3 is 4.90 Å². The maximum absolute atomic E-state index is 13.0. The molecule has 0 spiro atoms. The van der Waals surface area contributed by atoms with Crippen molar-refractivity contribution in [3.05, 3.63) is 84.2 Å². The van der Waals surface area contributed by atoms with E-state index in [1.54, 1.807) is 36.1 Å².